The van der Waals surface area contributed by atoms with E-state index in [2.05, 4.69) is 4.90 Å². The molecule has 0 aliphatic carbocycles. The zero-order valence-corrected chi connectivity index (χ0v) is 16.1. The minimum absolute atomic E-state index is 0.105. The number of benzene rings is 2. The normalized spacial score (nSPS) is 15.2. The van der Waals surface area contributed by atoms with Gasteiger partial charge in [0.25, 0.3) is 0 Å². The molecule has 1 aliphatic rings. The highest BCUT2D eigenvalue weighted by Gasteiger charge is 2.28. The van der Waals surface area contributed by atoms with Crippen LogP contribution in [0.5, 0.6) is 0 Å². The maximum atomic E-state index is 13.4. The summed E-state index contributed by atoms with van der Waals surface area (Å²) in [5, 5.41) is 0. The lowest BCUT2D eigenvalue weighted by Gasteiger charge is -2.39. The van der Waals surface area contributed by atoms with Crippen molar-refractivity contribution in [3.05, 3.63) is 71.3 Å². The number of hydrogen-bond acceptors (Lipinski definition) is 3. The van der Waals surface area contributed by atoms with Crippen LogP contribution in [0.4, 0.5) is 8.78 Å². The number of halogens is 2. The Kier molecular flexibility index (Phi) is 7.12. The first-order chi connectivity index (χ1) is 13.6. The number of ether oxygens (including phenoxy) is 1. The second-order valence-corrected chi connectivity index (χ2v) is 6.87. The molecule has 28 heavy (non-hydrogen) atoms. The third kappa shape index (κ3) is 5.14. The monoisotopic (exact) mass is 388 g/mol. The summed E-state index contributed by atoms with van der Waals surface area (Å²) in [7, 11) is 0. The summed E-state index contributed by atoms with van der Waals surface area (Å²) in [6.07, 6.45) is 0.396. The first-order valence-corrected chi connectivity index (χ1v) is 9.69. The lowest BCUT2D eigenvalue weighted by Crippen LogP contribution is -2.50. The first kappa shape index (κ1) is 20.4. The lowest BCUT2D eigenvalue weighted by atomic mass is 9.96. The van der Waals surface area contributed by atoms with Gasteiger partial charge in [0.2, 0.25) is 5.91 Å². The largest absolute Gasteiger partial charge is 0.381 e. The number of nitrogens with zero attached hydrogens (tertiary/aromatic N) is 2. The quantitative estimate of drug-likeness (QED) is 0.679. The Labute approximate surface area is 164 Å². The van der Waals surface area contributed by atoms with Crippen molar-refractivity contribution in [2.24, 2.45) is 0 Å². The van der Waals surface area contributed by atoms with Crippen LogP contribution in [0.2, 0.25) is 0 Å². The summed E-state index contributed by atoms with van der Waals surface area (Å²) in [4.78, 5) is 16.4. The predicted molar refractivity (Wildman–Crippen MR) is 104 cm³/mol. The van der Waals surface area contributed by atoms with Crippen molar-refractivity contribution in [2.45, 2.75) is 19.4 Å². The van der Waals surface area contributed by atoms with Gasteiger partial charge in [-0.25, -0.2) is 8.78 Å². The molecule has 1 heterocycles. The SMILES string of the molecule is CCOCCC(=O)N1CCN(C(c2ccc(F)cc2)c2ccc(F)cc2)CC1. The van der Waals surface area contributed by atoms with Crippen LogP contribution in [0.3, 0.4) is 0 Å². The molecule has 2 aromatic carbocycles. The summed E-state index contributed by atoms with van der Waals surface area (Å²) in [5.41, 5.74) is 1.90. The van der Waals surface area contributed by atoms with Gasteiger partial charge < -0.3 is 9.64 Å². The molecule has 0 aromatic heterocycles. The van der Waals surface area contributed by atoms with Gasteiger partial charge in [-0.3, -0.25) is 9.69 Å². The highest BCUT2D eigenvalue weighted by Crippen LogP contribution is 2.30. The molecule has 0 bridgehead atoms. The highest BCUT2D eigenvalue weighted by atomic mass is 19.1. The third-order valence-corrected chi connectivity index (χ3v) is 5.07. The van der Waals surface area contributed by atoms with Crippen molar-refractivity contribution < 1.29 is 18.3 Å². The fraction of sp³-hybridized carbons (Fsp3) is 0.409. The second-order valence-electron chi connectivity index (χ2n) is 6.87. The fourth-order valence-electron chi connectivity index (χ4n) is 3.60. The van der Waals surface area contributed by atoms with Crippen molar-refractivity contribution in [3.63, 3.8) is 0 Å². The number of piperazine rings is 1. The van der Waals surface area contributed by atoms with E-state index in [0.29, 0.717) is 45.8 Å². The molecule has 0 radical (unpaired) electrons. The van der Waals surface area contributed by atoms with Gasteiger partial charge in [-0.2, -0.15) is 0 Å². The Morgan fingerprint density at radius 2 is 1.43 bits per heavy atom. The highest BCUT2D eigenvalue weighted by molar-refractivity contribution is 5.76. The van der Waals surface area contributed by atoms with Gasteiger partial charge in [-0.15, -0.1) is 0 Å². The van der Waals surface area contributed by atoms with Crippen LogP contribution in [-0.4, -0.2) is 55.1 Å². The minimum Gasteiger partial charge on any atom is -0.381 e. The van der Waals surface area contributed by atoms with Crippen LogP contribution >= 0.6 is 0 Å². The van der Waals surface area contributed by atoms with Crippen molar-refractivity contribution in [1.29, 1.82) is 0 Å². The first-order valence-electron chi connectivity index (χ1n) is 9.69. The summed E-state index contributed by atoms with van der Waals surface area (Å²) < 4.78 is 32.1. The fourth-order valence-corrected chi connectivity index (χ4v) is 3.60. The van der Waals surface area contributed by atoms with Gasteiger partial charge in [0.15, 0.2) is 0 Å². The number of rotatable bonds is 7. The van der Waals surface area contributed by atoms with Crippen molar-refractivity contribution in [2.75, 3.05) is 39.4 Å². The molecular formula is C22H26F2N2O2. The van der Waals surface area contributed by atoms with Gasteiger partial charge >= 0.3 is 0 Å². The molecule has 1 saturated heterocycles. The Hall–Kier alpha value is -2.31. The number of carbonyl (C=O) groups is 1. The standard InChI is InChI=1S/C22H26F2N2O2/c1-2-28-16-11-21(27)25-12-14-26(15-13-25)22(17-3-7-19(23)8-4-17)18-5-9-20(24)10-6-18/h3-10,22H,2,11-16H2,1H3. The van der Waals surface area contributed by atoms with E-state index >= 15 is 0 Å². The molecule has 0 atom stereocenters. The summed E-state index contributed by atoms with van der Waals surface area (Å²) in [5.74, 6) is -0.467. The van der Waals surface area contributed by atoms with Crippen molar-refractivity contribution in [1.82, 2.24) is 9.80 Å². The Bertz CT molecular complexity index is 712. The average Bonchev–Trinajstić information content (AvgIpc) is 2.71. The van der Waals surface area contributed by atoms with E-state index in [-0.39, 0.29) is 23.6 Å². The average molecular weight is 388 g/mol. The second kappa shape index (κ2) is 9.75. The Morgan fingerprint density at radius 3 is 1.89 bits per heavy atom. The van der Waals surface area contributed by atoms with E-state index in [1.165, 1.54) is 24.3 Å². The lowest BCUT2D eigenvalue weighted by molar-refractivity contribution is -0.134. The molecule has 1 aliphatic heterocycles. The number of hydrogen-bond donors (Lipinski definition) is 0. The summed E-state index contributed by atoms with van der Waals surface area (Å²) in [6.45, 7) is 5.61. The molecule has 6 heteroatoms. The van der Waals surface area contributed by atoms with Crippen LogP contribution in [0, 0.1) is 11.6 Å². The van der Waals surface area contributed by atoms with E-state index in [4.69, 9.17) is 4.74 Å². The van der Waals surface area contributed by atoms with Crippen LogP contribution in [0.15, 0.2) is 48.5 Å². The molecule has 3 rings (SSSR count). The molecule has 0 saturated carbocycles. The van der Waals surface area contributed by atoms with Crippen LogP contribution < -0.4 is 0 Å². The molecule has 1 fully saturated rings. The van der Waals surface area contributed by atoms with Crippen LogP contribution in [0.1, 0.15) is 30.5 Å². The third-order valence-electron chi connectivity index (χ3n) is 5.07. The summed E-state index contributed by atoms with van der Waals surface area (Å²) in [6, 6.07) is 12.7. The summed E-state index contributed by atoms with van der Waals surface area (Å²) >= 11 is 0. The molecule has 0 N–H and O–H groups in total. The van der Waals surface area contributed by atoms with Gasteiger partial charge in [-0.05, 0) is 42.3 Å². The molecule has 0 unspecified atom stereocenters. The molecular weight excluding hydrogens is 362 g/mol. The van der Waals surface area contributed by atoms with E-state index in [0.717, 1.165) is 11.1 Å². The zero-order chi connectivity index (χ0) is 19.9. The topological polar surface area (TPSA) is 32.8 Å². The van der Waals surface area contributed by atoms with E-state index < -0.39 is 0 Å². The maximum absolute atomic E-state index is 13.4. The van der Waals surface area contributed by atoms with Crippen molar-refractivity contribution in [3.8, 4) is 0 Å². The Morgan fingerprint density at radius 1 is 0.929 bits per heavy atom. The molecule has 2 aromatic rings. The number of amides is 1. The predicted octanol–water partition coefficient (Wildman–Crippen LogP) is 3.63. The van der Waals surface area contributed by atoms with E-state index in [1.54, 1.807) is 24.3 Å². The molecule has 1 amide bonds. The van der Waals surface area contributed by atoms with E-state index in [9.17, 15) is 13.6 Å². The van der Waals surface area contributed by atoms with Gasteiger partial charge in [0.1, 0.15) is 11.6 Å². The minimum atomic E-state index is -0.286. The Balaban J connectivity index is 1.72. The maximum Gasteiger partial charge on any atom is 0.224 e. The van der Waals surface area contributed by atoms with Crippen LogP contribution in [-0.2, 0) is 9.53 Å². The molecule has 4 nitrogen and oxygen atoms in total. The van der Waals surface area contributed by atoms with Crippen LogP contribution in [0.25, 0.3) is 0 Å². The smallest absolute Gasteiger partial charge is 0.224 e. The van der Waals surface area contributed by atoms with Gasteiger partial charge in [0, 0.05) is 32.8 Å². The van der Waals surface area contributed by atoms with Gasteiger partial charge in [-0.1, -0.05) is 24.3 Å². The number of carbonyl (C=O) groups excluding carboxylic acids is 1. The van der Waals surface area contributed by atoms with Crippen molar-refractivity contribution >= 4 is 5.91 Å². The zero-order valence-electron chi connectivity index (χ0n) is 16.1. The molecule has 0 spiro atoms. The van der Waals surface area contributed by atoms with E-state index in [1.807, 2.05) is 11.8 Å². The molecule has 150 valence electrons. The van der Waals surface area contributed by atoms with Gasteiger partial charge in [0.05, 0.1) is 19.1 Å².